The van der Waals surface area contributed by atoms with Crippen molar-refractivity contribution in [3.8, 4) is 5.88 Å². The molecule has 1 atom stereocenters. The molecule has 0 aliphatic heterocycles. The molecule has 4 N–H and O–H groups in total. The highest BCUT2D eigenvalue weighted by Gasteiger charge is 2.18. The zero-order chi connectivity index (χ0) is 12.2. The van der Waals surface area contributed by atoms with E-state index in [9.17, 15) is 5.11 Å². The summed E-state index contributed by atoms with van der Waals surface area (Å²) >= 11 is 0. The van der Waals surface area contributed by atoms with E-state index < -0.39 is 5.60 Å². The Kier molecular flexibility index (Phi) is 3.89. The number of aliphatic hydroxyl groups is 1. The molecule has 0 amide bonds. The number of anilines is 2. The van der Waals surface area contributed by atoms with Crippen molar-refractivity contribution < 1.29 is 9.84 Å². The van der Waals surface area contributed by atoms with Crippen molar-refractivity contribution in [1.29, 1.82) is 0 Å². The predicted molar refractivity (Wildman–Crippen MR) is 62.4 cm³/mol. The van der Waals surface area contributed by atoms with Gasteiger partial charge in [0.2, 0.25) is 5.88 Å². The summed E-state index contributed by atoms with van der Waals surface area (Å²) in [6.07, 6.45) is 2.00. The zero-order valence-electron chi connectivity index (χ0n) is 9.82. The summed E-state index contributed by atoms with van der Waals surface area (Å²) in [6, 6.07) is 0. The largest absolute Gasteiger partial charge is 0.479 e. The molecular formula is C10H18N4O2. The number of nitrogens with zero attached hydrogens (tertiary/aromatic N) is 2. The molecule has 0 fully saturated rings. The van der Waals surface area contributed by atoms with Crippen LogP contribution >= 0.6 is 0 Å². The minimum Gasteiger partial charge on any atom is -0.479 e. The third kappa shape index (κ3) is 2.96. The molecule has 1 unspecified atom stereocenters. The van der Waals surface area contributed by atoms with Crippen LogP contribution in [0.5, 0.6) is 5.88 Å². The lowest BCUT2D eigenvalue weighted by atomic mass is 10.0. The smallest absolute Gasteiger partial charge is 0.242 e. The fourth-order valence-corrected chi connectivity index (χ4v) is 1.08. The van der Waals surface area contributed by atoms with Crippen molar-refractivity contribution in [2.75, 3.05) is 24.7 Å². The Bertz CT molecular complexity index is 355. The maximum absolute atomic E-state index is 9.82. The van der Waals surface area contributed by atoms with E-state index in [1.807, 2.05) is 6.92 Å². The van der Waals surface area contributed by atoms with Gasteiger partial charge in [-0.25, -0.2) is 4.98 Å². The number of hydrogen-bond donors (Lipinski definition) is 3. The van der Waals surface area contributed by atoms with E-state index in [1.165, 1.54) is 13.4 Å². The van der Waals surface area contributed by atoms with Gasteiger partial charge in [0, 0.05) is 6.54 Å². The molecule has 6 nitrogen and oxygen atoms in total. The van der Waals surface area contributed by atoms with Gasteiger partial charge >= 0.3 is 0 Å². The highest BCUT2D eigenvalue weighted by Crippen LogP contribution is 2.24. The van der Waals surface area contributed by atoms with E-state index in [1.54, 1.807) is 6.92 Å². The number of rotatable bonds is 5. The van der Waals surface area contributed by atoms with Crippen LogP contribution in [-0.4, -0.2) is 34.3 Å². The van der Waals surface area contributed by atoms with Crippen LogP contribution in [0.4, 0.5) is 11.5 Å². The minimum absolute atomic E-state index is 0.327. The molecule has 0 saturated carbocycles. The van der Waals surface area contributed by atoms with E-state index in [0.29, 0.717) is 30.4 Å². The van der Waals surface area contributed by atoms with Crippen LogP contribution in [0, 0.1) is 0 Å². The summed E-state index contributed by atoms with van der Waals surface area (Å²) in [7, 11) is 1.49. The maximum atomic E-state index is 9.82. The lowest BCUT2D eigenvalue weighted by molar-refractivity contribution is 0.0696. The van der Waals surface area contributed by atoms with Gasteiger partial charge in [-0.2, -0.15) is 4.98 Å². The summed E-state index contributed by atoms with van der Waals surface area (Å²) < 4.78 is 4.97. The highest BCUT2D eigenvalue weighted by atomic mass is 16.5. The molecule has 0 spiro atoms. The molecule has 1 aromatic rings. The number of methoxy groups -OCH3 is 1. The molecule has 0 aromatic carbocycles. The Morgan fingerprint density at radius 1 is 1.56 bits per heavy atom. The summed E-state index contributed by atoms with van der Waals surface area (Å²) in [5, 5.41) is 12.8. The first kappa shape index (κ1) is 12.5. The molecule has 0 saturated heterocycles. The van der Waals surface area contributed by atoms with Gasteiger partial charge in [0.15, 0.2) is 5.82 Å². The fraction of sp³-hybridized carbons (Fsp3) is 0.600. The van der Waals surface area contributed by atoms with Crippen LogP contribution in [0.2, 0.25) is 0 Å². The molecule has 0 radical (unpaired) electrons. The average Bonchev–Trinajstić information content (AvgIpc) is 2.28. The number of ether oxygens (including phenoxy) is 1. The van der Waals surface area contributed by atoms with Gasteiger partial charge in [-0.15, -0.1) is 0 Å². The summed E-state index contributed by atoms with van der Waals surface area (Å²) in [5.41, 5.74) is 5.33. The van der Waals surface area contributed by atoms with Gasteiger partial charge < -0.3 is 20.9 Å². The number of nitrogens with one attached hydrogen (secondary N) is 1. The second-order valence-electron chi connectivity index (χ2n) is 3.85. The van der Waals surface area contributed by atoms with Gasteiger partial charge in [-0.05, 0) is 13.3 Å². The van der Waals surface area contributed by atoms with E-state index in [-0.39, 0.29) is 0 Å². The molecule has 0 aliphatic rings. The van der Waals surface area contributed by atoms with Crippen LogP contribution in [0.1, 0.15) is 20.3 Å². The Balaban J connectivity index is 2.75. The van der Waals surface area contributed by atoms with E-state index in [2.05, 4.69) is 15.3 Å². The Morgan fingerprint density at radius 2 is 2.25 bits per heavy atom. The summed E-state index contributed by atoms with van der Waals surface area (Å²) in [6.45, 7) is 4.02. The van der Waals surface area contributed by atoms with Gasteiger partial charge in [-0.1, -0.05) is 6.92 Å². The summed E-state index contributed by atoms with van der Waals surface area (Å²) in [5.74, 6) is 0.800. The lowest BCUT2D eigenvalue weighted by Crippen LogP contribution is -2.32. The Labute approximate surface area is 94.9 Å². The topological polar surface area (TPSA) is 93.3 Å². The number of hydrogen-bond acceptors (Lipinski definition) is 6. The van der Waals surface area contributed by atoms with Crippen LogP contribution < -0.4 is 15.8 Å². The van der Waals surface area contributed by atoms with E-state index >= 15 is 0 Å². The van der Waals surface area contributed by atoms with Crippen molar-refractivity contribution in [1.82, 2.24) is 9.97 Å². The lowest BCUT2D eigenvalue weighted by Gasteiger charge is -2.22. The van der Waals surface area contributed by atoms with Crippen LogP contribution in [0.25, 0.3) is 0 Å². The number of nitrogen functional groups attached to an aromatic ring is 1. The normalized spacial score (nSPS) is 14.2. The molecule has 0 aliphatic carbocycles. The van der Waals surface area contributed by atoms with Gasteiger partial charge in [-0.3, -0.25) is 0 Å². The van der Waals surface area contributed by atoms with Crippen LogP contribution in [-0.2, 0) is 0 Å². The fourth-order valence-electron chi connectivity index (χ4n) is 1.08. The Morgan fingerprint density at radius 3 is 2.81 bits per heavy atom. The first-order valence-electron chi connectivity index (χ1n) is 5.11. The third-order valence-electron chi connectivity index (χ3n) is 2.44. The molecule has 0 bridgehead atoms. The van der Waals surface area contributed by atoms with Crippen molar-refractivity contribution in [2.45, 2.75) is 25.9 Å². The third-order valence-corrected chi connectivity index (χ3v) is 2.44. The van der Waals surface area contributed by atoms with Gasteiger partial charge in [0.05, 0.1) is 12.7 Å². The molecule has 1 aromatic heterocycles. The average molecular weight is 226 g/mol. The maximum Gasteiger partial charge on any atom is 0.242 e. The quantitative estimate of drug-likeness (QED) is 0.682. The van der Waals surface area contributed by atoms with E-state index in [0.717, 1.165) is 0 Å². The molecule has 6 heteroatoms. The second kappa shape index (κ2) is 4.98. The molecule has 1 heterocycles. The first-order valence-corrected chi connectivity index (χ1v) is 5.11. The first-order chi connectivity index (χ1) is 7.50. The Hall–Kier alpha value is -1.56. The molecular weight excluding hydrogens is 208 g/mol. The minimum atomic E-state index is -0.787. The van der Waals surface area contributed by atoms with Crippen molar-refractivity contribution in [3.05, 3.63) is 6.33 Å². The highest BCUT2D eigenvalue weighted by molar-refractivity contribution is 5.66. The van der Waals surface area contributed by atoms with Crippen molar-refractivity contribution in [2.24, 2.45) is 0 Å². The summed E-state index contributed by atoms with van der Waals surface area (Å²) in [4.78, 5) is 7.85. The number of nitrogens with two attached hydrogens (primary N) is 1. The monoisotopic (exact) mass is 226 g/mol. The molecule has 1 rings (SSSR count). The SMILES string of the molecule is CCC(C)(O)CNc1ncnc(OC)c1N. The van der Waals surface area contributed by atoms with Crippen molar-refractivity contribution in [3.63, 3.8) is 0 Å². The van der Waals surface area contributed by atoms with Crippen LogP contribution in [0.3, 0.4) is 0 Å². The van der Waals surface area contributed by atoms with Gasteiger partial charge in [0.25, 0.3) is 0 Å². The van der Waals surface area contributed by atoms with Crippen LogP contribution in [0.15, 0.2) is 6.33 Å². The second-order valence-corrected chi connectivity index (χ2v) is 3.85. The van der Waals surface area contributed by atoms with Crippen molar-refractivity contribution >= 4 is 11.5 Å². The standard InChI is InChI=1S/C10H18N4O2/c1-4-10(2,15)5-12-8-7(11)9(16-3)14-6-13-8/h6,15H,4-5,11H2,1-3H3,(H,12,13,14). The zero-order valence-corrected chi connectivity index (χ0v) is 9.82. The predicted octanol–water partition coefficient (Wildman–Crippen LogP) is 0.640. The number of aromatic nitrogens is 2. The molecule has 90 valence electrons. The van der Waals surface area contributed by atoms with Gasteiger partial charge in [0.1, 0.15) is 12.0 Å². The van der Waals surface area contributed by atoms with E-state index in [4.69, 9.17) is 10.5 Å². The molecule has 16 heavy (non-hydrogen) atoms.